The van der Waals surface area contributed by atoms with Crippen molar-refractivity contribution in [2.75, 3.05) is 7.11 Å². The van der Waals surface area contributed by atoms with Crippen LogP contribution >= 0.6 is 0 Å². The first-order valence-electron chi connectivity index (χ1n) is 6.23. The van der Waals surface area contributed by atoms with Gasteiger partial charge in [0.1, 0.15) is 11.9 Å². The van der Waals surface area contributed by atoms with E-state index < -0.39 is 6.17 Å². The van der Waals surface area contributed by atoms with Gasteiger partial charge in [-0.25, -0.2) is 9.38 Å². The van der Waals surface area contributed by atoms with Crippen LogP contribution in [0, 0.1) is 0 Å². The quantitative estimate of drug-likeness (QED) is 0.801. The molecule has 0 spiro atoms. The molecule has 2 aromatic rings. The second kappa shape index (κ2) is 4.84. The highest BCUT2D eigenvalue weighted by atomic mass is 19.1. The summed E-state index contributed by atoms with van der Waals surface area (Å²) in [5.41, 5.74) is 3.23. The van der Waals surface area contributed by atoms with Gasteiger partial charge in [0.25, 0.3) is 0 Å². The largest absolute Gasteiger partial charge is 0.497 e. The van der Waals surface area contributed by atoms with E-state index in [1.807, 2.05) is 48.5 Å². The molecule has 2 nitrogen and oxygen atoms in total. The smallest absolute Gasteiger partial charge is 0.147 e. The summed E-state index contributed by atoms with van der Waals surface area (Å²) in [5.74, 6) is 0.771. The molecule has 0 aromatic heterocycles. The van der Waals surface area contributed by atoms with Crippen LogP contribution in [-0.4, -0.2) is 19.0 Å². The second-order valence-electron chi connectivity index (χ2n) is 4.52. The number of hydrogen-bond acceptors (Lipinski definition) is 2. The van der Waals surface area contributed by atoms with Gasteiger partial charge in [0.2, 0.25) is 0 Å². The molecule has 0 amide bonds. The number of benzene rings is 2. The van der Waals surface area contributed by atoms with Crippen LogP contribution in [0.15, 0.2) is 53.5 Å². The number of halogens is 1. The van der Waals surface area contributed by atoms with Gasteiger partial charge in [0.05, 0.1) is 18.5 Å². The Hall–Kier alpha value is -2.16. The topological polar surface area (TPSA) is 21.6 Å². The van der Waals surface area contributed by atoms with Gasteiger partial charge in [-0.05, 0) is 29.8 Å². The second-order valence-corrected chi connectivity index (χ2v) is 4.52. The van der Waals surface area contributed by atoms with E-state index in [1.54, 1.807) is 7.11 Å². The van der Waals surface area contributed by atoms with Crippen LogP contribution < -0.4 is 4.74 Å². The highest BCUT2D eigenvalue weighted by molar-refractivity contribution is 6.08. The standard InChI is InChI=1S/C16H14FNO/c1-19-13-8-6-12(7-9-13)18-16-14-5-3-2-4-11(14)10-15(16)17/h2-9,15H,10H2,1H3. The molecule has 3 rings (SSSR count). The summed E-state index contributed by atoms with van der Waals surface area (Å²) in [6, 6.07) is 15.1. The van der Waals surface area contributed by atoms with Crippen LogP contribution in [0.2, 0.25) is 0 Å². The molecule has 0 aliphatic heterocycles. The Balaban J connectivity index is 1.98. The number of alkyl halides is 1. The van der Waals surface area contributed by atoms with Gasteiger partial charge in [-0.3, -0.25) is 0 Å². The van der Waals surface area contributed by atoms with E-state index in [4.69, 9.17) is 4.74 Å². The molecule has 96 valence electrons. The van der Waals surface area contributed by atoms with Gasteiger partial charge in [-0.15, -0.1) is 0 Å². The van der Waals surface area contributed by atoms with Gasteiger partial charge in [0.15, 0.2) is 0 Å². The molecule has 0 N–H and O–H groups in total. The lowest BCUT2D eigenvalue weighted by Crippen LogP contribution is -2.10. The van der Waals surface area contributed by atoms with Crippen LogP contribution in [-0.2, 0) is 6.42 Å². The number of nitrogens with zero attached hydrogens (tertiary/aromatic N) is 1. The van der Waals surface area contributed by atoms with Crippen LogP contribution in [0.25, 0.3) is 0 Å². The average Bonchev–Trinajstić information content (AvgIpc) is 2.76. The molecule has 1 unspecified atom stereocenters. The Morgan fingerprint density at radius 1 is 1.11 bits per heavy atom. The molecule has 0 saturated heterocycles. The molecule has 0 bridgehead atoms. The molecule has 1 aliphatic carbocycles. The Bertz CT molecular complexity index is 619. The Kier molecular flexibility index (Phi) is 3.03. The zero-order valence-corrected chi connectivity index (χ0v) is 10.6. The molecule has 0 radical (unpaired) electrons. The third-order valence-corrected chi connectivity index (χ3v) is 3.31. The molecular formula is C16H14FNO. The molecule has 1 atom stereocenters. The minimum absolute atomic E-state index is 0.422. The lowest BCUT2D eigenvalue weighted by Gasteiger charge is -2.04. The van der Waals surface area contributed by atoms with E-state index in [0.717, 1.165) is 22.6 Å². The summed E-state index contributed by atoms with van der Waals surface area (Å²) in [7, 11) is 1.62. The van der Waals surface area contributed by atoms with Crippen molar-refractivity contribution in [3.05, 3.63) is 59.7 Å². The Labute approximate surface area is 111 Å². The maximum Gasteiger partial charge on any atom is 0.147 e. The molecule has 2 aromatic carbocycles. The van der Waals surface area contributed by atoms with Crippen molar-refractivity contribution in [2.45, 2.75) is 12.6 Å². The van der Waals surface area contributed by atoms with E-state index in [-0.39, 0.29) is 0 Å². The van der Waals surface area contributed by atoms with Crippen molar-refractivity contribution in [1.82, 2.24) is 0 Å². The van der Waals surface area contributed by atoms with Crippen LogP contribution in [0.3, 0.4) is 0 Å². The zero-order chi connectivity index (χ0) is 13.2. The van der Waals surface area contributed by atoms with Gasteiger partial charge in [-0.1, -0.05) is 24.3 Å². The average molecular weight is 255 g/mol. The lowest BCUT2D eigenvalue weighted by molar-refractivity contribution is 0.415. The van der Waals surface area contributed by atoms with Crippen LogP contribution in [0.5, 0.6) is 5.75 Å². The normalized spacial score (nSPS) is 19.5. The SMILES string of the molecule is COc1ccc(N=C2c3ccccc3CC2F)cc1. The molecular weight excluding hydrogens is 241 g/mol. The van der Waals surface area contributed by atoms with Crippen molar-refractivity contribution in [3.8, 4) is 5.75 Å². The van der Waals surface area contributed by atoms with Gasteiger partial charge < -0.3 is 4.74 Å². The lowest BCUT2D eigenvalue weighted by atomic mass is 10.1. The number of ether oxygens (including phenoxy) is 1. The van der Waals surface area contributed by atoms with E-state index in [1.165, 1.54) is 0 Å². The van der Waals surface area contributed by atoms with Gasteiger partial charge in [0, 0.05) is 12.0 Å². The first-order chi connectivity index (χ1) is 9.28. The molecule has 1 aliphatic rings. The van der Waals surface area contributed by atoms with Crippen molar-refractivity contribution >= 4 is 11.4 Å². The fraction of sp³-hybridized carbons (Fsp3) is 0.188. The summed E-state index contributed by atoms with van der Waals surface area (Å²) in [6.45, 7) is 0. The summed E-state index contributed by atoms with van der Waals surface area (Å²) in [6.07, 6.45) is -0.593. The molecule has 0 fully saturated rings. The summed E-state index contributed by atoms with van der Waals surface area (Å²) < 4.78 is 19.2. The fourth-order valence-electron chi connectivity index (χ4n) is 2.33. The van der Waals surface area contributed by atoms with Crippen molar-refractivity contribution in [2.24, 2.45) is 4.99 Å². The maximum atomic E-state index is 14.1. The number of fused-ring (bicyclic) bond motifs is 1. The Morgan fingerprint density at radius 3 is 2.58 bits per heavy atom. The fourth-order valence-corrected chi connectivity index (χ4v) is 2.33. The van der Waals surface area contributed by atoms with Gasteiger partial charge >= 0.3 is 0 Å². The predicted molar refractivity (Wildman–Crippen MR) is 74.2 cm³/mol. The minimum Gasteiger partial charge on any atom is -0.497 e. The van der Waals surface area contributed by atoms with E-state index in [9.17, 15) is 4.39 Å². The van der Waals surface area contributed by atoms with E-state index in [2.05, 4.69) is 4.99 Å². The first-order valence-corrected chi connectivity index (χ1v) is 6.23. The van der Waals surface area contributed by atoms with Crippen LogP contribution in [0.4, 0.5) is 10.1 Å². The number of rotatable bonds is 2. The number of methoxy groups -OCH3 is 1. The molecule has 3 heteroatoms. The highest BCUT2D eigenvalue weighted by Crippen LogP contribution is 2.28. The van der Waals surface area contributed by atoms with Crippen molar-refractivity contribution in [1.29, 1.82) is 0 Å². The number of hydrogen-bond donors (Lipinski definition) is 0. The predicted octanol–water partition coefficient (Wildman–Crippen LogP) is 3.71. The van der Waals surface area contributed by atoms with E-state index in [0.29, 0.717) is 12.1 Å². The van der Waals surface area contributed by atoms with E-state index >= 15 is 0 Å². The summed E-state index contributed by atoms with van der Waals surface area (Å²) in [4.78, 5) is 4.44. The third kappa shape index (κ3) is 2.24. The molecule has 0 saturated carbocycles. The Morgan fingerprint density at radius 2 is 1.84 bits per heavy atom. The number of aliphatic imine (C=N–C) groups is 1. The monoisotopic (exact) mass is 255 g/mol. The first kappa shape index (κ1) is 11.9. The van der Waals surface area contributed by atoms with Crippen LogP contribution in [0.1, 0.15) is 11.1 Å². The summed E-state index contributed by atoms with van der Waals surface area (Å²) >= 11 is 0. The highest BCUT2D eigenvalue weighted by Gasteiger charge is 2.27. The van der Waals surface area contributed by atoms with Gasteiger partial charge in [-0.2, -0.15) is 0 Å². The third-order valence-electron chi connectivity index (χ3n) is 3.31. The maximum absolute atomic E-state index is 14.1. The minimum atomic E-state index is -1.01. The summed E-state index contributed by atoms with van der Waals surface area (Å²) in [5, 5.41) is 0. The molecule has 19 heavy (non-hydrogen) atoms. The van der Waals surface area contributed by atoms with Crippen molar-refractivity contribution < 1.29 is 9.13 Å². The zero-order valence-electron chi connectivity index (χ0n) is 10.6. The molecule has 0 heterocycles. The van der Waals surface area contributed by atoms with Crippen molar-refractivity contribution in [3.63, 3.8) is 0 Å².